The topological polar surface area (TPSA) is 47.2 Å². The zero-order valence-electron chi connectivity index (χ0n) is 12.1. The van der Waals surface area contributed by atoms with Gasteiger partial charge in [0.2, 0.25) is 0 Å². The second kappa shape index (κ2) is 4.05. The predicted octanol–water partition coefficient (Wildman–Crippen LogP) is 2.42. The van der Waals surface area contributed by atoms with E-state index in [1.807, 2.05) is 38.1 Å². The number of hydrogen-bond acceptors (Lipinski definition) is 3. The standard InChI is InChI=1S/C17H15N3O/c1-3-4-7-12-10-17(11(2)19-17)20-15(12)18-14-9-6-5-8-13(14)16(20)21/h5-6,8-9,12H,7,10H2,1-2H3. The van der Waals surface area contributed by atoms with E-state index >= 15 is 0 Å². The molecule has 0 fully saturated rings. The number of aliphatic imine (C=N–C) groups is 1. The summed E-state index contributed by atoms with van der Waals surface area (Å²) in [6, 6.07) is 7.52. The molecule has 2 aromatic rings. The van der Waals surface area contributed by atoms with Crippen molar-refractivity contribution in [1.82, 2.24) is 9.55 Å². The van der Waals surface area contributed by atoms with Gasteiger partial charge in [0, 0.05) is 18.8 Å². The fourth-order valence-corrected chi connectivity index (χ4v) is 3.35. The molecule has 4 nitrogen and oxygen atoms in total. The molecule has 21 heavy (non-hydrogen) atoms. The molecular formula is C17H15N3O. The van der Waals surface area contributed by atoms with Crippen molar-refractivity contribution in [1.29, 1.82) is 0 Å². The molecule has 2 aliphatic heterocycles. The van der Waals surface area contributed by atoms with Crippen molar-refractivity contribution in [2.24, 2.45) is 4.99 Å². The molecule has 1 aromatic carbocycles. The first kappa shape index (κ1) is 12.3. The van der Waals surface area contributed by atoms with E-state index in [0.717, 1.165) is 29.9 Å². The second-order valence-electron chi connectivity index (χ2n) is 5.67. The highest BCUT2D eigenvalue weighted by atomic mass is 16.1. The lowest BCUT2D eigenvalue weighted by atomic mass is 9.98. The van der Waals surface area contributed by atoms with Crippen LogP contribution in [0.4, 0.5) is 0 Å². The molecule has 0 bridgehead atoms. The van der Waals surface area contributed by atoms with Crippen LogP contribution in [0.1, 0.15) is 38.4 Å². The van der Waals surface area contributed by atoms with E-state index < -0.39 is 5.66 Å². The summed E-state index contributed by atoms with van der Waals surface area (Å²) in [6.07, 6.45) is 1.54. The van der Waals surface area contributed by atoms with Crippen LogP contribution in [0.2, 0.25) is 0 Å². The summed E-state index contributed by atoms with van der Waals surface area (Å²) < 4.78 is 1.80. The third kappa shape index (κ3) is 1.55. The summed E-state index contributed by atoms with van der Waals surface area (Å²) in [7, 11) is 0. The number of fused-ring (bicyclic) bond motifs is 3. The van der Waals surface area contributed by atoms with Gasteiger partial charge in [-0.2, -0.15) is 0 Å². The van der Waals surface area contributed by atoms with Crippen LogP contribution in [0.5, 0.6) is 0 Å². The van der Waals surface area contributed by atoms with Crippen LogP contribution in [-0.2, 0) is 5.66 Å². The molecular weight excluding hydrogens is 262 g/mol. The Morgan fingerprint density at radius 1 is 1.43 bits per heavy atom. The Balaban J connectivity index is 1.99. The average molecular weight is 277 g/mol. The van der Waals surface area contributed by atoms with Crippen LogP contribution in [0.25, 0.3) is 10.9 Å². The van der Waals surface area contributed by atoms with E-state index in [2.05, 4.69) is 16.8 Å². The van der Waals surface area contributed by atoms with Crippen molar-refractivity contribution in [3.63, 3.8) is 0 Å². The highest BCUT2D eigenvalue weighted by Gasteiger charge is 2.55. The van der Waals surface area contributed by atoms with Gasteiger partial charge in [-0.15, -0.1) is 11.8 Å². The minimum atomic E-state index is -0.441. The van der Waals surface area contributed by atoms with Gasteiger partial charge in [0.15, 0.2) is 5.66 Å². The van der Waals surface area contributed by atoms with Gasteiger partial charge >= 0.3 is 0 Å². The molecule has 1 spiro atoms. The van der Waals surface area contributed by atoms with E-state index in [4.69, 9.17) is 4.98 Å². The second-order valence-corrected chi connectivity index (χ2v) is 5.67. The van der Waals surface area contributed by atoms with Crippen LogP contribution >= 0.6 is 0 Å². The highest BCUT2D eigenvalue weighted by molar-refractivity contribution is 6.01. The third-order valence-corrected chi connectivity index (χ3v) is 4.48. The van der Waals surface area contributed by atoms with Crippen LogP contribution in [0.3, 0.4) is 0 Å². The lowest BCUT2D eigenvalue weighted by molar-refractivity contribution is 0.494. The van der Waals surface area contributed by atoms with Crippen LogP contribution in [0, 0.1) is 11.8 Å². The van der Waals surface area contributed by atoms with Gasteiger partial charge in [-0.25, -0.2) is 4.98 Å². The van der Waals surface area contributed by atoms with Gasteiger partial charge in [-0.3, -0.25) is 14.4 Å². The predicted molar refractivity (Wildman–Crippen MR) is 82.5 cm³/mol. The van der Waals surface area contributed by atoms with Crippen LogP contribution in [0.15, 0.2) is 34.1 Å². The number of benzene rings is 1. The molecule has 3 heterocycles. The minimum absolute atomic E-state index is 0.0168. The fourth-order valence-electron chi connectivity index (χ4n) is 3.35. The maximum atomic E-state index is 12.9. The number of rotatable bonds is 1. The Bertz CT molecular complexity index is 913. The first-order valence-corrected chi connectivity index (χ1v) is 7.16. The summed E-state index contributed by atoms with van der Waals surface area (Å²) in [5, 5.41) is 0.665. The summed E-state index contributed by atoms with van der Waals surface area (Å²) in [5.74, 6) is 7.07. The minimum Gasteiger partial charge on any atom is -0.268 e. The lowest BCUT2D eigenvalue weighted by Gasteiger charge is -2.12. The van der Waals surface area contributed by atoms with Gasteiger partial charge in [0.05, 0.1) is 16.6 Å². The van der Waals surface area contributed by atoms with Crippen LogP contribution < -0.4 is 5.56 Å². The first-order chi connectivity index (χ1) is 10.2. The number of hydrogen-bond donors (Lipinski definition) is 0. The van der Waals surface area contributed by atoms with Gasteiger partial charge in [-0.05, 0) is 26.0 Å². The lowest BCUT2D eigenvalue weighted by Crippen LogP contribution is -2.32. The summed E-state index contributed by atoms with van der Waals surface area (Å²) in [4.78, 5) is 22.1. The fraction of sp³-hybridized carbons (Fsp3) is 0.353. The van der Waals surface area contributed by atoms with Crippen LogP contribution in [-0.4, -0.2) is 15.3 Å². The highest BCUT2D eigenvalue weighted by Crippen LogP contribution is 2.49. The Morgan fingerprint density at radius 2 is 2.19 bits per heavy atom. The average Bonchev–Trinajstić information content (AvgIpc) is 3.01. The molecule has 4 heteroatoms. The van der Waals surface area contributed by atoms with E-state index in [1.165, 1.54) is 0 Å². The largest absolute Gasteiger partial charge is 0.268 e. The van der Waals surface area contributed by atoms with Crippen molar-refractivity contribution in [3.05, 3.63) is 40.4 Å². The molecule has 0 radical (unpaired) electrons. The van der Waals surface area contributed by atoms with Gasteiger partial charge in [0.1, 0.15) is 5.82 Å². The monoisotopic (exact) mass is 277 g/mol. The Labute approximate surface area is 122 Å². The van der Waals surface area contributed by atoms with E-state index in [0.29, 0.717) is 5.39 Å². The molecule has 4 rings (SSSR count). The van der Waals surface area contributed by atoms with E-state index in [-0.39, 0.29) is 11.5 Å². The first-order valence-electron chi connectivity index (χ1n) is 7.16. The molecule has 0 saturated heterocycles. The van der Waals surface area contributed by atoms with E-state index in [1.54, 1.807) is 4.57 Å². The van der Waals surface area contributed by atoms with Crippen molar-refractivity contribution >= 4 is 16.6 Å². The Morgan fingerprint density at radius 3 is 2.90 bits per heavy atom. The maximum Gasteiger partial charge on any atom is 0.263 e. The molecule has 0 aliphatic carbocycles. The number of para-hydroxylation sites is 1. The smallest absolute Gasteiger partial charge is 0.263 e. The molecule has 104 valence electrons. The van der Waals surface area contributed by atoms with Gasteiger partial charge in [-0.1, -0.05) is 12.1 Å². The number of nitrogens with zero attached hydrogens (tertiary/aromatic N) is 3. The van der Waals surface area contributed by atoms with E-state index in [9.17, 15) is 4.79 Å². The molecule has 0 amide bonds. The summed E-state index contributed by atoms with van der Waals surface area (Å²) in [6.45, 7) is 3.82. The zero-order valence-corrected chi connectivity index (χ0v) is 12.1. The summed E-state index contributed by atoms with van der Waals surface area (Å²) >= 11 is 0. The molecule has 2 atom stereocenters. The molecule has 1 aromatic heterocycles. The van der Waals surface area contributed by atoms with Crippen molar-refractivity contribution < 1.29 is 0 Å². The van der Waals surface area contributed by atoms with Gasteiger partial charge < -0.3 is 0 Å². The SMILES string of the molecule is CC#CCC1CC2(N=C2C)n2c1nc1ccccc1c2=O. The maximum absolute atomic E-state index is 12.9. The molecule has 2 aliphatic rings. The van der Waals surface area contributed by atoms with Gasteiger partial charge in [0.25, 0.3) is 5.56 Å². The normalized spacial score (nSPS) is 25.4. The molecule has 0 N–H and O–H groups in total. The summed E-state index contributed by atoms with van der Waals surface area (Å²) in [5.41, 5.74) is 1.36. The molecule has 2 unspecified atom stereocenters. The Hall–Kier alpha value is -2.41. The Kier molecular flexibility index (Phi) is 2.38. The third-order valence-electron chi connectivity index (χ3n) is 4.48. The quantitative estimate of drug-likeness (QED) is 0.752. The van der Waals surface area contributed by atoms with Crippen molar-refractivity contribution in [2.75, 3.05) is 0 Å². The number of aromatic nitrogens is 2. The van der Waals surface area contributed by atoms with Crippen molar-refractivity contribution in [2.45, 2.75) is 38.3 Å². The zero-order chi connectivity index (χ0) is 14.6. The molecule has 0 saturated carbocycles. The van der Waals surface area contributed by atoms with Crippen molar-refractivity contribution in [3.8, 4) is 11.8 Å².